The molecule has 1 aromatic carbocycles. The predicted octanol–water partition coefficient (Wildman–Crippen LogP) is 1.54. The van der Waals surface area contributed by atoms with Gasteiger partial charge in [0.25, 0.3) is 5.91 Å². The van der Waals surface area contributed by atoms with Gasteiger partial charge in [-0.2, -0.15) is 0 Å². The van der Waals surface area contributed by atoms with E-state index in [1.165, 1.54) is 0 Å². The van der Waals surface area contributed by atoms with Crippen LogP contribution in [0.2, 0.25) is 0 Å². The minimum atomic E-state index is 0.00604. The molecular weight excluding hydrogens is 190 g/mol. The molecule has 0 radical (unpaired) electrons. The van der Waals surface area contributed by atoms with Crippen LogP contribution in [0.1, 0.15) is 15.9 Å². The lowest BCUT2D eigenvalue weighted by Gasteiger charge is -2.17. The Morgan fingerprint density at radius 1 is 1.53 bits per heavy atom. The minimum absolute atomic E-state index is 0.00604. The van der Waals surface area contributed by atoms with E-state index in [9.17, 15) is 4.79 Å². The van der Waals surface area contributed by atoms with Gasteiger partial charge in [0.2, 0.25) is 0 Å². The molecule has 0 atom stereocenters. The summed E-state index contributed by atoms with van der Waals surface area (Å²) < 4.78 is 5.41. The molecule has 1 amide bonds. The second-order valence-electron chi connectivity index (χ2n) is 3.42. The molecule has 3 heteroatoms. The lowest BCUT2D eigenvalue weighted by Crippen LogP contribution is -2.31. The Hall–Kier alpha value is -1.77. The van der Waals surface area contributed by atoms with Crippen LogP contribution in [0, 0.1) is 0 Å². The Morgan fingerprint density at radius 2 is 2.40 bits per heavy atom. The number of hydrogen-bond donors (Lipinski definition) is 1. The molecule has 15 heavy (non-hydrogen) atoms. The van der Waals surface area contributed by atoms with Crippen LogP contribution < -0.4 is 10.1 Å². The molecule has 0 aromatic heterocycles. The summed E-state index contributed by atoms with van der Waals surface area (Å²) in [5.74, 6) is 0.801. The predicted molar refractivity (Wildman–Crippen MR) is 58.2 cm³/mol. The molecule has 78 valence electrons. The fourth-order valence-corrected chi connectivity index (χ4v) is 1.65. The average Bonchev–Trinajstić information content (AvgIpc) is 2.26. The fraction of sp³-hybridized carbons (Fsp3) is 0.250. The van der Waals surface area contributed by atoms with E-state index in [4.69, 9.17) is 4.74 Å². The number of hydrogen-bond acceptors (Lipinski definition) is 2. The van der Waals surface area contributed by atoms with Crippen molar-refractivity contribution in [3.63, 3.8) is 0 Å². The molecule has 0 bridgehead atoms. The van der Waals surface area contributed by atoms with Crippen molar-refractivity contribution in [1.82, 2.24) is 5.32 Å². The van der Waals surface area contributed by atoms with Gasteiger partial charge in [-0.15, -0.1) is 0 Å². The van der Waals surface area contributed by atoms with Crippen LogP contribution in [0.25, 0.3) is 0 Å². The molecule has 1 aromatic rings. The van der Waals surface area contributed by atoms with Crippen LogP contribution in [-0.2, 0) is 6.42 Å². The van der Waals surface area contributed by atoms with Crippen LogP contribution in [0.15, 0.2) is 30.9 Å². The van der Waals surface area contributed by atoms with Crippen molar-refractivity contribution < 1.29 is 9.53 Å². The first-order chi connectivity index (χ1) is 7.31. The van der Waals surface area contributed by atoms with Gasteiger partial charge in [0, 0.05) is 12.1 Å². The first-order valence-electron chi connectivity index (χ1n) is 4.96. The lowest BCUT2D eigenvalue weighted by molar-refractivity contribution is 0.0946. The molecule has 0 aliphatic carbocycles. The zero-order valence-corrected chi connectivity index (χ0v) is 8.45. The number of benzene rings is 1. The van der Waals surface area contributed by atoms with Gasteiger partial charge in [0.05, 0.1) is 0 Å². The molecule has 2 rings (SSSR count). The van der Waals surface area contributed by atoms with E-state index >= 15 is 0 Å². The molecule has 3 nitrogen and oxygen atoms in total. The summed E-state index contributed by atoms with van der Waals surface area (Å²) in [6.45, 7) is 4.78. The summed E-state index contributed by atoms with van der Waals surface area (Å²) in [6.07, 6.45) is 2.57. The summed E-state index contributed by atoms with van der Waals surface area (Å²) in [7, 11) is 0. The first-order valence-corrected chi connectivity index (χ1v) is 4.96. The van der Waals surface area contributed by atoms with E-state index in [2.05, 4.69) is 11.9 Å². The molecule has 1 N–H and O–H groups in total. The molecule has 0 unspecified atom stereocenters. The number of carbonyl (C=O) groups excluding carboxylic acids is 1. The fourth-order valence-electron chi connectivity index (χ4n) is 1.65. The van der Waals surface area contributed by atoms with Gasteiger partial charge in [-0.05, 0) is 30.2 Å². The maximum Gasteiger partial charge on any atom is 0.251 e. The molecule has 1 aliphatic rings. The summed E-state index contributed by atoms with van der Waals surface area (Å²) in [4.78, 5) is 11.4. The summed E-state index contributed by atoms with van der Waals surface area (Å²) >= 11 is 0. The molecule has 0 saturated heterocycles. The Balaban J connectivity index is 2.25. The Labute approximate surface area is 88.8 Å². The van der Waals surface area contributed by atoms with E-state index in [0.29, 0.717) is 13.2 Å². The number of carbonyl (C=O) groups is 1. The van der Waals surface area contributed by atoms with Gasteiger partial charge in [0.15, 0.2) is 0 Å². The second-order valence-corrected chi connectivity index (χ2v) is 3.42. The largest absolute Gasteiger partial charge is 0.490 e. The molecule has 1 heterocycles. The Morgan fingerprint density at radius 3 is 3.20 bits per heavy atom. The molecular formula is C12H13NO2. The highest BCUT2D eigenvalue weighted by Crippen LogP contribution is 2.20. The maximum atomic E-state index is 11.4. The highest BCUT2D eigenvalue weighted by Gasteiger charge is 2.16. The molecule has 0 spiro atoms. The number of rotatable bonds is 3. The van der Waals surface area contributed by atoms with E-state index in [1.54, 1.807) is 6.08 Å². The number of fused-ring (bicyclic) bond motifs is 1. The number of amides is 1. The van der Waals surface area contributed by atoms with Gasteiger partial charge in [-0.1, -0.05) is 12.7 Å². The van der Waals surface area contributed by atoms with Crippen LogP contribution >= 0.6 is 0 Å². The van der Waals surface area contributed by atoms with Gasteiger partial charge in [-0.3, -0.25) is 4.79 Å². The van der Waals surface area contributed by atoms with E-state index in [0.717, 1.165) is 23.3 Å². The van der Waals surface area contributed by atoms with E-state index < -0.39 is 0 Å². The third-order valence-electron chi connectivity index (χ3n) is 2.37. The quantitative estimate of drug-likeness (QED) is 0.757. The highest BCUT2D eigenvalue weighted by molar-refractivity contribution is 5.96. The van der Waals surface area contributed by atoms with Crippen molar-refractivity contribution in [3.05, 3.63) is 42.0 Å². The Kier molecular flexibility index (Phi) is 2.72. The third kappa shape index (κ3) is 2.01. The first kappa shape index (κ1) is 9.77. The SMILES string of the molecule is C=CCOc1ccc2c(c1)CCNC2=O. The van der Waals surface area contributed by atoms with E-state index in [1.807, 2.05) is 18.2 Å². The van der Waals surface area contributed by atoms with Gasteiger partial charge in [-0.25, -0.2) is 0 Å². The normalized spacial score (nSPS) is 14.0. The zero-order chi connectivity index (χ0) is 10.7. The summed E-state index contributed by atoms with van der Waals surface area (Å²) in [5.41, 5.74) is 1.81. The number of ether oxygens (including phenoxy) is 1. The highest BCUT2D eigenvalue weighted by atomic mass is 16.5. The monoisotopic (exact) mass is 203 g/mol. The van der Waals surface area contributed by atoms with Crippen molar-refractivity contribution in [2.45, 2.75) is 6.42 Å². The van der Waals surface area contributed by atoms with Gasteiger partial charge < -0.3 is 10.1 Å². The van der Waals surface area contributed by atoms with Gasteiger partial charge in [0.1, 0.15) is 12.4 Å². The smallest absolute Gasteiger partial charge is 0.251 e. The van der Waals surface area contributed by atoms with Crippen molar-refractivity contribution in [1.29, 1.82) is 0 Å². The van der Waals surface area contributed by atoms with Crippen LogP contribution in [0.3, 0.4) is 0 Å². The molecule has 0 saturated carbocycles. The lowest BCUT2D eigenvalue weighted by atomic mass is 10.0. The Bertz CT molecular complexity index is 399. The second kappa shape index (κ2) is 4.17. The zero-order valence-electron chi connectivity index (χ0n) is 8.45. The van der Waals surface area contributed by atoms with Crippen molar-refractivity contribution in [2.24, 2.45) is 0 Å². The van der Waals surface area contributed by atoms with Crippen LogP contribution in [0.4, 0.5) is 0 Å². The van der Waals surface area contributed by atoms with Crippen molar-refractivity contribution >= 4 is 5.91 Å². The van der Waals surface area contributed by atoms with Crippen molar-refractivity contribution in [3.8, 4) is 5.75 Å². The van der Waals surface area contributed by atoms with Crippen LogP contribution in [0.5, 0.6) is 5.75 Å². The van der Waals surface area contributed by atoms with Crippen LogP contribution in [-0.4, -0.2) is 19.1 Å². The topological polar surface area (TPSA) is 38.3 Å². The summed E-state index contributed by atoms with van der Waals surface area (Å²) in [6, 6.07) is 5.55. The standard InChI is InChI=1S/C12H13NO2/c1-2-7-15-10-3-4-11-9(8-10)5-6-13-12(11)14/h2-4,8H,1,5-7H2,(H,13,14). The molecule has 0 fully saturated rings. The summed E-state index contributed by atoms with van der Waals surface area (Å²) in [5, 5.41) is 2.80. The minimum Gasteiger partial charge on any atom is -0.490 e. The maximum absolute atomic E-state index is 11.4. The van der Waals surface area contributed by atoms with Crippen molar-refractivity contribution in [2.75, 3.05) is 13.2 Å². The van der Waals surface area contributed by atoms with Gasteiger partial charge >= 0.3 is 0 Å². The number of nitrogens with one attached hydrogen (secondary N) is 1. The molecule has 1 aliphatic heterocycles. The third-order valence-corrected chi connectivity index (χ3v) is 2.37. The van der Waals surface area contributed by atoms with E-state index in [-0.39, 0.29) is 5.91 Å². The average molecular weight is 203 g/mol.